The molecular weight excluding hydrogens is 280 g/mol. The van der Waals surface area contributed by atoms with Gasteiger partial charge in [0.1, 0.15) is 0 Å². The van der Waals surface area contributed by atoms with Crippen molar-refractivity contribution in [1.82, 2.24) is 20.0 Å². The number of carbonyl (C=O) groups is 1. The first-order chi connectivity index (χ1) is 10.6. The summed E-state index contributed by atoms with van der Waals surface area (Å²) in [6.45, 7) is 5.44. The first kappa shape index (κ1) is 14.7. The number of piperidine rings is 1. The van der Waals surface area contributed by atoms with Gasteiger partial charge in [0.25, 0.3) is 5.91 Å². The summed E-state index contributed by atoms with van der Waals surface area (Å²) >= 11 is 0. The van der Waals surface area contributed by atoms with E-state index in [-0.39, 0.29) is 17.7 Å². The normalized spacial score (nSPS) is 18.7. The van der Waals surface area contributed by atoms with Crippen LogP contribution in [0.2, 0.25) is 0 Å². The fourth-order valence-electron chi connectivity index (χ4n) is 2.74. The molecule has 0 radical (unpaired) electrons. The molecule has 0 aromatic carbocycles. The number of hydrogen-bond donors (Lipinski definition) is 0. The summed E-state index contributed by atoms with van der Waals surface area (Å²) in [6.07, 6.45) is 7.12. The van der Waals surface area contributed by atoms with Crippen LogP contribution < -0.4 is 0 Å². The van der Waals surface area contributed by atoms with E-state index in [1.165, 1.54) is 0 Å². The van der Waals surface area contributed by atoms with Gasteiger partial charge in [0, 0.05) is 43.7 Å². The first-order valence-corrected chi connectivity index (χ1v) is 7.67. The van der Waals surface area contributed by atoms with Gasteiger partial charge in [-0.2, -0.15) is 0 Å². The molecule has 1 aliphatic heterocycles. The van der Waals surface area contributed by atoms with Gasteiger partial charge in [0.15, 0.2) is 0 Å². The highest BCUT2D eigenvalue weighted by Crippen LogP contribution is 2.26. The lowest BCUT2D eigenvalue weighted by Gasteiger charge is -2.31. The predicted octanol–water partition coefficient (Wildman–Crippen LogP) is 2.61. The predicted molar refractivity (Wildman–Crippen MR) is 80.5 cm³/mol. The zero-order chi connectivity index (χ0) is 15.5. The van der Waals surface area contributed by atoms with Crippen molar-refractivity contribution in [3.05, 3.63) is 41.8 Å². The summed E-state index contributed by atoms with van der Waals surface area (Å²) in [6, 6.07) is 1.75. The lowest BCUT2D eigenvalue weighted by Crippen LogP contribution is -2.39. The number of nitrogens with zero attached hydrogens (tertiary/aromatic N) is 4. The second-order valence-electron chi connectivity index (χ2n) is 5.99. The first-order valence-electron chi connectivity index (χ1n) is 7.67. The quantitative estimate of drug-likeness (QED) is 0.871. The summed E-state index contributed by atoms with van der Waals surface area (Å²) in [5.41, 5.74) is 1.76. The summed E-state index contributed by atoms with van der Waals surface area (Å²) in [5, 5.41) is 3.96. The van der Waals surface area contributed by atoms with Crippen LogP contribution in [0.1, 0.15) is 60.5 Å². The number of rotatable bonds is 3. The van der Waals surface area contributed by atoms with E-state index in [0.29, 0.717) is 12.3 Å². The molecular formula is C16H20N4O2. The van der Waals surface area contributed by atoms with Gasteiger partial charge in [0.05, 0.1) is 11.4 Å². The lowest BCUT2D eigenvalue weighted by atomic mass is 9.95. The summed E-state index contributed by atoms with van der Waals surface area (Å²) in [5.74, 6) is 0.717. The van der Waals surface area contributed by atoms with Crippen molar-refractivity contribution < 1.29 is 9.32 Å². The van der Waals surface area contributed by atoms with Crippen molar-refractivity contribution in [3.63, 3.8) is 0 Å². The van der Waals surface area contributed by atoms with E-state index in [0.717, 1.165) is 30.8 Å². The Bertz CT molecular complexity index is 639. The van der Waals surface area contributed by atoms with Crippen molar-refractivity contribution in [2.45, 2.75) is 38.5 Å². The second kappa shape index (κ2) is 6.25. The number of aromatic nitrogens is 3. The molecule has 0 aliphatic carbocycles. The molecule has 1 aliphatic rings. The van der Waals surface area contributed by atoms with Crippen LogP contribution in [0.4, 0.5) is 0 Å². The molecule has 0 spiro atoms. The van der Waals surface area contributed by atoms with Gasteiger partial charge in [-0.15, -0.1) is 0 Å². The lowest BCUT2D eigenvalue weighted by molar-refractivity contribution is 0.0663. The largest absolute Gasteiger partial charge is 0.351 e. The molecule has 6 nitrogen and oxygen atoms in total. The molecule has 116 valence electrons. The molecule has 1 atom stereocenters. The van der Waals surface area contributed by atoms with E-state index in [2.05, 4.69) is 15.1 Å². The van der Waals surface area contributed by atoms with Crippen molar-refractivity contribution >= 4 is 5.91 Å². The zero-order valence-corrected chi connectivity index (χ0v) is 12.9. The third kappa shape index (κ3) is 3.00. The maximum atomic E-state index is 12.6. The monoisotopic (exact) mass is 300 g/mol. The Kier molecular flexibility index (Phi) is 4.18. The Labute approximate surface area is 129 Å². The molecule has 0 bridgehead atoms. The van der Waals surface area contributed by atoms with Crippen molar-refractivity contribution in [1.29, 1.82) is 0 Å². The Hall–Kier alpha value is -2.24. The molecule has 3 heterocycles. The number of likely N-dealkylation sites (tertiary alicyclic amines) is 1. The molecule has 2 aromatic heterocycles. The average molecular weight is 300 g/mol. The van der Waals surface area contributed by atoms with E-state index in [9.17, 15) is 4.79 Å². The Morgan fingerprint density at radius 1 is 1.41 bits per heavy atom. The van der Waals surface area contributed by atoms with Gasteiger partial charge in [-0.1, -0.05) is 19.0 Å². The standard InChI is InChI=1S/C16H20N4O2/c1-11(2)13-8-15(22-19-13)16(21)20-7-3-4-12(10-20)14-9-17-5-6-18-14/h5-6,8-9,11-12H,3-4,7,10H2,1-2H3/t12-/m0/s1. The van der Waals surface area contributed by atoms with E-state index < -0.39 is 0 Å². The Morgan fingerprint density at radius 2 is 2.27 bits per heavy atom. The maximum absolute atomic E-state index is 12.6. The fraction of sp³-hybridized carbons (Fsp3) is 0.500. The van der Waals surface area contributed by atoms with E-state index >= 15 is 0 Å². The number of amides is 1. The van der Waals surface area contributed by atoms with Crippen molar-refractivity contribution in [2.75, 3.05) is 13.1 Å². The van der Waals surface area contributed by atoms with Crippen LogP contribution in [0, 0.1) is 0 Å². The van der Waals surface area contributed by atoms with Gasteiger partial charge >= 0.3 is 0 Å². The average Bonchev–Trinajstić information content (AvgIpc) is 3.05. The molecule has 1 amide bonds. The van der Waals surface area contributed by atoms with Gasteiger partial charge in [-0.05, 0) is 18.8 Å². The van der Waals surface area contributed by atoms with Crippen LogP contribution in [0.5, 0.6) is 0 Å². The van der Waals surface area contributed by atoms with Gasteiger partial charge in [-0.25, -0.2) is 0 Å². The van der Waals surface area contributed by atoms with Gasteiger partial charge < -0.3 is 9.42 Å². The minimum absolute atomic E-state index is 0.0898. The highest BCUT2D eigenvalue weighted by Gasteiger charge is 2.28. The summed E-state index contributed by atoms with van der Waals surface area (Å²) in [7, 11) is 0. The van der Waals surface area contributed by atoms with E-state index in [4.69, 9.17) is 4.52 Å². The van der Waals surface area contributed by atoms with Gasteiger partial charge in [-0.3, -0.25) is 14.8 Å². The number of hydrogen-bond acceptors (Lipinski definition) is 5. The smallest absolute Gasteiger partial charge is 0.292 e. The minimum Gasteiger partial charge on any atom is -0.351 e. The van der Waals surface area contributed by atoms with Crippen LogP contribution in [0.3, 0.4) is 0 Å². The molecule has 1 fully saturated rings. The minimum atomic E-state index is -0.0898. The third-order valence-corrected chi connectivity index (χ3v) is 4.04. The second-order valence-corrected chi connectivity index (χ2v) is 5.99. The zero-order valence-electron chi connectivity index (χ0n) is 12.9. The van der Waals surface area contributed by atoms with Crippen LogP contribution >= 0.6 is 0 Å². The summed E-state index contributed by atoms with van der Waals surface area (Å²) < 4.78 is 5.21. The summed E-state index contributed by atoms with van der Waals surface area (Å²) in [4.78, 5) is 22.9. The molecule has 2 aromatic rings. The van der Waals surface area contributed by atoms with Crippen LogP contribution in [0.15, 0.2) is 29.2 Å². The Balaban J connectivity index is 1.72. The topological polar surface area (TPSA) is 72.1 Å². The number of carbonyl (C=O) groups excluding carboxylic acids is 1. The molecule has 6 heteroatoms. The molecule has 0 unspecified atom stereocenters. The van der Waals surface area contributed by atoms with Gasteiger partial charge in [0.2, 0.25) is 5.76 Å². The third-order valence-electron chi connectivity index (χ3n) is 4.04. The highest BCUT2D eigenvalue weighted by atomic mass is 16.5. The molecule has 22 heavy (non-hydrogen) atoms. The molecule has 1 saturated heterocycles. The molecule has 0 saturated carbocycles. The molecule has 0 N–H and O–H groups in total. The van der Waals surface area contributed by atoms with Crippen molar-refractivity contribution in [3.8, 4) is 0 Å². The maximum Gasteiger partial charge on any atom is 0.292 e. The van der Waals surface area contributed by atoms with Crippen LogP contribution in [-0.2, 0) is 0 Å². The SMILES string of the molecule is CC(C)c1cc(C(=O)N2CCC[C@H](c3cnccn3)C2)on1. The molecule has 3 rings (SSSR count). The fourth-order valence-corrected chi connectivity index (χ4v) is 2.74. The Morgan fingerprint density at radius 3 is 2.95 bits per heavy atom. The van der Waals surface area contributed by atoms with E-state index in [1.807, 2.05) is 18.7 Å². The highest BCUT2D eigenvalue weighted by molar-refractivity contribution is 5.91. The van der Waals surface area contributed by atoms with Crippen LogP contribution in [-0.4, -0.2) is 39.0 Å². The van der Waals surface area contributed by atoms with Crippen molar-refractivity contribution in [2.24, 2.45) is 0 Å². The van der Waals surface area contributed by atoms with E-state index in [1.54, 1.807) is 24.7 Å². The van der Waals surface area contributed by atoms with Crippen LogP contribution in [0.25, 0.3) is 0 Å².